The first-order chi connectivity index (χ1) is 14.0. The standard InChI is InChI=1S/C22H34N4O3/c1-4-26(5-2)22(28)18-14-23-15(3)25-20(18)17-10-8-16(9-11-17)13-24-21(27)19-7-6-12-29-19/h14,16-17,19H,4-13H2,1-3H3,(H,24,27). The van der Waals surface area contributed by atoms with E-state index in [1.165, 1.54) is 0 Å². The molecule has 1 saturated heterocycles. The molecular formula is C22H34N4O3. The van der Waals surface area contributed by atoms with E-state index < -0.39 is 0 Å². The highest BCUT2D eigenvalue weighted by Gasteiger charge is 2.29. The van der Waals surface area contributed by atoms with Crippen LogP contribution in [0.2, 0.25) is 0 Å². The smallest absolute Gasteiger partial charge is 0.257 e. The highest BCUT2D eigenvalue weighted by molar-refractivity contribution is 5.95. The Kier molecular flexibility index (Phi) is 7.58. The van der Waals surface area contributed by atoms with Crippen LogP contribution in [-0.2, 0) is 9.53 Å². The average Bonchev–Trinajstić information content (AvgIpc) is 3.28. The van der Waals surface area contributed by atoms with Crippen LogP contribution in [0.25, 0.3) is 0 Å². The van der Waals surface area contributed by atoms with E-state index in [4.69, 9.17) is 4.74 Å². The minimum Gasteiger partial charge on any atom is -0.368 e. The summed E-state index contributed by atoms with van der Waals surface area (Å²) in [5.74, 6) is 1.51. The summed E-state index contributed by atoms with van der Waals surface area (Å²) in [6.07, 6.45) is 7.25. The molecule has 1 unspecified atom stereocenters. The van der Waals surface area contributed by atoms with E-state index in [1.807, 2.05) is 25.7 Å². The van der Waals surface area contributed by atoms with Crippen LogP contribution in [0.15, 0.2) is 6.20 Å². The van der Waals surface area contributed by atoms with E-state index in [0.29, 0.717) is 43.5 Å². The molecule has 0 bridgehead atoms. The van der Waals surface area contributed by atoms with Gasteiger partial charge in [0.15, 0.2) is 0 Å². The van der Waals surface area contributed by atoms with Crippen LogP contribution >= 0.6 is 0 Å². The summed E-state index contributed by atoms with van der Waals surface area (Å²) in [7, 11) is 0. The number of ether oxygens (including phenoxy) is 1. The Balaban J connectivity index is 1.59. The third-order valence-electron chi connectivity index (χ3n) is 6.24. The second-order valence-electron chi connectivity index (χ2n) is 8.16. The lowest BCUT2D eigenvalue weighted by Crippen LogP contribution is -2.38. The average molecular weight is 403 g/mol. The molecule has 1 atom stereocenters. The zero-order chi connectivity index (χ0) is 20.8. The normalized spacial score (nSPS) is 24.3. The Hall–Kier alpha value is -2.02. The highest BCUT2D eigenvalue weighted by atomic mass is 16.5. The first-order valence-electron chi connectivity index (χ1n) is 11.1. The van der Waals surface area contributed by atoms with Gasteiger partial charge in [-0.2, -0.15) is 0 Å². The molecule has 29 heavy (non-hydrogen) atoms. The predicted molar refractivity (Wildman–Crippen MR) is 111 cm³/mol. The van der Waals surface area contributed by atoms with Gasteiger partial charge in [0.25, 0.3) is 5.91 Å². The zero-order valence-corrected chi connectivity index (χ0v) is 17.9. The SMILES string of the molecule is CCN(CC)C(=O)c1cnc(C)nc1C1CCC(CNC(=O)C2CCCO2)CC1. The van der Waals surface area contributed by atoms with Crippen molar-refractivity contribution in [3.05, 3.63) is 23.3 Å². The summed E-state index contributed by atoms with van der Waals surface area (Å²) in [4.78, 5) is 35.9. The van der Waals surface area contributed by atoms with Crippen LogP contribution in [0.4, 0.5) is 0 Å². The van der Waals surface area contributed by atoms with Gasteiger partial charge in [-0.05, 0) is 65.2 Å². The summed E-state index contributed by atoms with van der Waals surface area (Å²) >= 11 is 0. The van der Waals surface area contributed by atoms with Gasteiger partial charge in [-0.3, -0.25) is 9.59 Å². The van der Waals surface area contributed by atoms with Gasteiger partial charge in [0.05, 0.1) is 11.3 Å². The van der Waals surface area contributed by atoms with Crippen molar-refractivity contribution in [1.29, 1.82) is 0 Å². The van der Waals surface area contributed by atoms with Crippen molar-refractivity contribution < 1.29 is 14.3 Å². The quantitative estimate of drug-likeness (QED) is 0.758. The van der Waals surface area contributed by atoms with Gasteiger partial charge in [-0.15, -0.1) is 0 Å². The Bertz CT molecular complexity index is 706. The minimum atomic E-state index is -0.260. The van der Waals surface area contributed by atoms with Crippen LogP contribution in [0.5, 0.6) is 0 Å². The van der Waals surface area contributed by atoms with Gasteiger partial charge in [0.1, 0.15) is 11.9 Å². The van der Waals surface area contributed by atoms with Crippen molar-refractivity contribution in [3.8, 4) is 0 Å². The van der Waals surface area contributed by atoms with Crippen LogP contribution in [0.3, 0.4) is 0 Å². The van der Waals surface area contributed by atoms with Crippen molar-refractivity contribution in [3.63, 3.8) is 0 Å². The van der Waals surface area contributed by atoms with E-state index in [2.05, 4.69) is 15.3 Å². The van der Waals surface area contributed by atoms with Crippen LogP contribution in [0, 0.1) is 12.8 Å². The number of amides is 2. The molecule has 1 saturated carbocycles. The van der Waals surface area contributed by atoms with Gasteiger partial charge in [0.2, 0.25) is 5.91 Å². The fourth-order valence-electron chi connectivity index (χ4n) is 4.43. The molecular weight excluding hydrogens is 368 g/mol. The van der Waals surface area contributed by atoms with Gasteiger partial charge in [0, 0.05) is 38.4 Å². The molecule has 1 aliphatic carbocycles. The zero-order valence-electron chi connectivity index (χ0n) is 17.9. The van der Waals surface area contributed by atoms with Crippen LogP contribution in [-0.4, -0.2) is 59.0 Å². The number of rotatable bonds is 7. The Morgan fingerprint density at radius 1 is 1.17 bits per heavy atom. The molecule has 0 radical (unpaired) electrons. The maximum absolute atomic E-state index is 12.9. The second kappa shape index (κ2) is 10.1. The number of nitrogens with one attached hydrogen (secondary N) is 1. The number of carbonyl (C=O) groups is 2. The predicted octanol–water partition coefficient (Wildman–Crippen LogP) is 2.84. The maximum Gasteiger partial charge on any atom is 0.257 e. The lowest BCUT2D eigenvalue weighted by atomic mass is 9.79. The van der Waals surface area contributed by atoms with E-state index in [0.717, 1.165) is 44.2 Å². The summed E-state index contributed by atoms with van der Waals surface area (Å²) < 4.78 is 5.45. The lowest BCUT2D eigenvalue weighted by molar-refractivity contribution is -0.130. The summed E-state index contributed by atoms with van der Waals surface area (Å²) in [6.45, 7) is 8.62. The molecule has 1 N–H and O–H groups in total. The molecule has 1 aromatic heterocycles. The lowest BCUT2D eigenvalue weighted by Gasteiger charge is -2.30. The van der Waals surface area contributed by atoms with Crippen LogP contribution in [0.1, 0.15) is 80.2 Å². The summed E-state index contributed by atoms with van der Waals surface area (Å²) in [5.41, 5.74) is 1.55. The number of aromatic nitrogens is 2. The molecule has 0 spiro atoms. The maximum atomic E-state index is 12.9. The van der Waals surface area contributed by atoms with Crippen molar-refractivity contribution in [2.75, 3.05) is 26.2 Å². The molecule has 1 aromatic rings. The molecule has 7 heteroatoms. The van der Waals surface area contributed by atoms with Crippen molar-refractivity contribution in [2.45, 2.75) is 71.3 Å². The molecule has 2 aliphatic rings. The van der Waals surface area contributed by atoms with Crippen molar-refractivity contribution in [1.82, 2.24) is 20.2 Å². The van der Waals surface area contributed by atoms with Gasteiger partial charge in [-0.25, -0.2) is 9.97 Å². The molecule has 3 rings (SSSR count). The first kappa shape index (κ1) is 21.7. The van der Waals surface area contributed by atoms with Gasteiger partial charge >= 0.3 is 0 Å². The fraction of sp³-hybridized carbons (Fsp3) is 0.727. The molecule has 0 aromatic carbocycles. The third-order valence-corrected chi connectivity index (χ3v) is 6.24. The molecule has 7 nitrogen and oxygen atoms in total. The van der Waals surface area contributed by atoms with Crippen molar-refractivity contribution in [2.24, 2.45) is 5.92 Å². The molecule has 2 amide bonds. The number of aryl methyl sites for hydroxylation is 1. The van der Waals surface area contributed by atoms with E-state index >= 15 is 0 Å². The topological polar surface area (TPSA) is 84.4 Å². The number of hydrogen-bond acceptors (Lipinski definition) is 5. The fourth-order valence-corrected chi connectivity index (χ4v) is 4.43. The van der Waals surface area contributed by atoms with Gasteiger partial charge < -0.3 is 15.0 Å². The third kappa shape index (κ3) is 5.32. The van der Waals surface area contributed by atoms with E-state index in [9.17, 15) is 9.59 Å². The molecule has 2 heterocycles. The van der Waals surface area contributed by atoms with Gasteiger partial charge in [-0.1, -0.05) is 0 Å². The highest BCUT2D eigenvalue weighted by Crippen LogP contribution is 2.36. The Morgan fingerprint density at radius 2 is 1.90 bits per heavy atom. The van der Waals surface area contributed by atoms with E-state index in [-0.39, 0.29) is 23.8 Å². The van der Waals surface area contributed by atoms with E-state index in [1.54, 1.807) is 6.20 Å². The Morgan fingerprint density at radius 3 is 2.52 bits per heavy atom. The first-order valence-corrected chi connectivity index (χ1v) is 11.1. The monoisotopic (exact) mass is 402 g/mol. The molecule has 2 fully saturated rings. The minimum absolute atomic E-state index is 0.0240. The van der Waals surface area contributed by atoms with Crippen LogP contribution < -0.4 is 5.32 Å². The number of carbonyl (C=O) groups excluding carboxylic acids is 2. The number of hydrogen-bond donors (Lipinski definition) is 1. The summed E-state index contributed by atoms with van der Waals surface area (Å²) in [5, 5.41) is 3.07. The second-order valence-corrected chi connectivity index (χ2v) is 8.16. The summed E-state index contributed by atoms with van der Waals surface area (Å²) in [6, 6.07) is 0. The largest absolute Gasteiger partial charge is 0.368 e. The molecule has 160 valence electrons. The van der Waals surface area contributed by atoms with Crippen molar-refractivity contribution >= 4 is 11.8 Å². The Labute approximate surface area is 173 Å². The number of nitrogens with zero attached hydrogens (tertiary/aromatic N) is 3. The molecule has 1 aliphatic heterocycles.